The molecule has 2 rings (SSSR count). The lowest BCUT2D eigenvalue weighted by atomic mass is 10.1. The van der Waals surface area contributed by atoms with Gasteiger partial charge in [-0.2, -0.15) is 0 Å². The summed E-state index contributed by atoms with van der Waals surface area (Å²) in [7, 11) is 0. The van der Waals surface area contributed by atoms with Gasteiger partial charge in [0.05, 0.1) is 16.3 Å². The third kappa shape index (κ3) is 2.24. The van der Waals surface area contributed by atoms with E-state index in [4.69, 9.17) is 5.11 Å². The van der Waals surface area contributed by atoms with Gasteiger partial charge in [-0.15, -0.1) is 0 Å². The van der Waals surface area contributed by atoms with Crippen LogP contribution in [0.4, 0.5) is 5.82 Å². The van der Waals surface area contributed by atoms with Gasteiger partial charge in [-0.05, 0) is 34.7 Å². The van der Waals surface area contributed by atoms with Gasteiger partial charge in [0.25, 0.3) is 0 Å². The fourth-order valence-corrected chi connectivity index (χ4v) is 2.50. The van der Waals surface area contributed by atoms with Crippen LogP contribution in [0.2, 0.25) is 0 Å². The largest absolute Gasteiger partial charge is 0.396 e. The van der Waals surface area contributed by atoms with Gasteiger partial charge >= 0.3 is 0 Å². The Morgan fingerprint density at radius 2 is 2.33 bits per heavy atom. The van der Waals surface area contributed by atoms with Crippen LogP contribution >= 0.6 is 22.6 Å². The molecule has 0 radical (unpaired) electrons. The number of β-amino-alcohol motifs (C(OH)–C–C–N with tert-alkyl or cyclic N) is 1. The molecule has 2 unspecified atom stereocenters. The average Bonchev–Trinajstić information content (AvgIpc) is 2.60. The van der Waals surface area contributed by atoms with Gasteiger partial charge < -0.3 is 15.1 Å². The summed E-state index contributed by atoms with van der Waals surface area (Å²) in [6, 6.07) is 3.88. The van der Waals surface area contributed by atoms with Crippen molar-refractivity contribution in [3.63, 3.8) is 0 Å². The SMILES string of the molecule is OCC1CN(c2ncccc2I)CC1O. The summed E-state index contributed by atoms with van der Waals surface area (Å²) in [5, 5.41) is 18.7. The highest BCUT2D eigenvalue weighted by Crippen LogP contribution is 2.25. The minimum absolute atomic E-state index is 0.0288. The number of halogens is 1. The van der Waals surface area contributed by atoms with Crippen molar-refractivity contribution in [1.82, 2.24) is 4.98 Å². The maximum atomic E-state index is 9.68. The Labute approximate surface area is 102 Å². The molecule has 0 bridgehead atoms. The second-order valence-corrected chi connectivity index (χ2v) is 4.89. The normalized spacial score (nSPS) is 25.9. The minimum atomic E-state index is -0.451. The van der Waals surface area contributed by atoms with Crippen LogP contribution < -0.4 is 4.90 Å². The Hall–Kier alpha value is -0.400. The Balaban J connectivity index is 2.17. The lowest BCUT2D eigenvalue weighted by Gasteiger charge is -2.17. The number of aromatic nitrogens is 1. The van der Waals surface area contributed by atoms with Gasteiger partial charge in [-0.25, -0.2) is 4.98 Å². The van der Waals surface area contributed by atoms with Crippen LogP contribution in [0, 0.1) is 9.49 Å². The van der Waals surface area contributed by atoms with E-state index in [2.05, 4.69) is 27.6 Å². The van der Waals surface area contributed by atoms with Crippen LogP contribution in [-0.4, -0.2) is 41.0 Å². The Morgan fingerprint density at radius 3 is 2.93 bits per heavy atom. The number of aliphatic hydroxyl groups excluding tert-OH is 2. The number of hydrogen-bond donors (Lipinski definition) is 2. The third-order valence-electron chi connectivity index (χ3n) is 2.68. The van der Waals surface area contributed by atoms with Gasteiger partial charge in [-0.1, -0.05) is 0 Å². The average molecular weight is 320 g/mol. The number of aliphatic hydroxyl groups is 2. The summed E-state index contributed by atoms with van der Waals surface area (Å²) < 4.78 is 1.07. The van der Waals surface area contributed by atoms with Crippen LogP contribution in [-0.2, 0) is 0 Å². The van der Waals surface area contributed by atoms with Crippen molar-refractivity contribution < 1.29 is 10.2 Å². The molecule has 82 valence electrons. The van der Waals surface area contributed by atoms with Crippen LogP contribution in [0.25, 0.3) is 0 Å². The monoisotopic (exact) mass is 320 g/mol. The minimum Gasteiger partial charge on any atom is -0.396 e. The molecule has 1 aromatic rings. The van der Waals surface area contributed by atoms with Gasteiger partial charge in [0.1, 0.15) is 5.82 Å². The first kappa shape index (κ1) is 11.1. The van der Waals surface area contributed by atoms with E-state index < -0.39 is 6.10 Å². The number of hydrogen-bond acceptors (Lipinski definition) is 4. The van der Waals surface area contributed by atoms with Crippen molar-refractivity contribution in [1.29, 1.82) is 0 Å². The fourth-order valence-electron chi connectivity index (χ4n) is 1.82. The predicted octanol–water partition coefficient (Wildman–Crippen LogP) is 0.476. The molecule has 2 N–H and O–H groups in total. The van der Waals surface area contributed by atoms with E-state index >= 15 is 0 Å². The lowest BCUT2D eigenvalue weighted by molar-refractivity contribution is 0.104. The van der Waals surface area contributed by atoms with Gasteiger partial charge in [0.15, 0.2) is 0 Å². The molecular formula is C10H13IN2O2. The van der Waals surface area contributed by atoms with Crippen LogP contribution in [0.15, 0.2) is 18.3 Å². The van der Waals surface area contributed by atoms with Crippen molar-refractivity contribution in [2.24, 2.45) is 5.92 Å². The second kappa shape index (κ2) is 4.63. The van der Waals surface area contributed by atoms with E-state index in [0.29, 0.717) is 13.1 Å². The first-order chi connectivity index (χ1) is 7.22. The number of pyridine rings is 1. The maximum absolute atomic E-state index is 9.68. The summed E-state index contributed by atoms with van der Waals surface area (Å²) in [5.41, 5.74) is 0. The van der Waals surface area contributed by atoms with Crippen molar-refractivity contribution >= 4 is 28.4 Å². The predicted molar refractivity (Wildman–Crippen MR) is 65.7 cm³/mol. The Bertz CT molecular complexity index is 348. The molecule has 0 aliphatic carbocycles. The topological polar surface area (TPSA) is 56.6 Å². The maximum Gasteiger partial charge on any atom is 0.142 e. The van der Waals surface area contributed by atoms with Crippen LogP contribution in [0.1, 0.15) is 0 Å². The highest BCUT2D eigenvalue weighted by atomic mass is 127. The standard InChI is InChI=1S/C10H13IN2O2/c11-8-2-1-3-12-10(8)13-4-7(6-14)9(15)5-13/h1-3,7,9,14-15H,4-6H2. The first-order valence-electron chi connectivity index (χ1n) is 4.86. The Kier molecular flexibility index (Phi) is 3.42. The highest BCUT2D eigenvalue weighted by molar-refractivity contribution is 14.1. The lowest BCUT2D eigenvalue weighted by Crippen LogP contribution is -2.22. The smallest absolute Gasteiger partial charge is 0.142 e. The summed E-state index contributed by atoms with van der Waals surface area (Å²) in [4.78, 5) is 6.31. The number of rotatable bonds is 2. The molecule has 1 saturated heterocycles. The quantitative estimate of drug-likeness (QED) is 0.778. The molecule has 2 heterocycles. The van der Waals surface area contributed by atoms with Crippen molar-refractivity contribution in [2.75, 3.05) is 24.6 Å². The zero-order valence-corrected chi connectivity index (χ0v) is 10.3. The summed E-state index contributed by atoms with van der Waals surface area (Å²) in [5.74, 6) is 0.843. The van der Waals surface area contributed by atoms with Gasteiger partial charge in [-0.3, -0.25) is 0 Å². The van der Waals surface area contributed by atoms with E-state index in [9.17, 15) is 5.11 Å². The Morgan fingerprint density at radius 1 is 1.53 bits per heavy atom. The molecule has 4 nitrogen and oxygen atoms in total. The van der Waals surface area contributed by atoms with E-state index in [1.807, 2.05) is 17.0 Å². The highest BCUT2D eigenvalue weighted by Gasteiger charge is 2.31. The van der Waals surface area contributed by atoms with Gasteiger partial charge in [0.2, 0.25) is 0 Å². The molecule has 2 atom stereocenters. The molecule has 5 heteroatoms. The molecule has 0 spiro atoms. The summed E-state index contributed by atoms with van der Waals surface area (Å²) in [6.07, 6.45) is 1.30. The molecule has 1 aliphatic rings. The molecule has 0 aromatic carbocycles. The van der Waals surface area contributed by atoms with Crippen molar-refractivity contribution in [2.45, 2.75) is 6.10 Å². The fraction of sp³-hybridized carbons (Fsp3) is 0.500. The molecule has 1 aromatic heterocycles. The molecule has 1 aliphatic heterocycles. The van der Waals surface area contributed by atoms with Crippen molar-refractivity contribution in [3.8, 4) is 0 Å². The number of anilines is 1. The van der Waals surface area contributed by atoms with Crippen LogP contribution in [0.5, 0.6) is 0 Å². The van der Waals surface area contributed by atoms with Crippen molar-refractivity contribution in [3.05, 3.63) is 21.9 Å². The van der Waals surface area contributed by atoms with E-state index in [1.54, 1.807) is 6.20 Å². The summed E-state index contributed by atoms with van der Waals surface area (Å²) >= 11 is 2.23. The van der Waals surface area contributed by atoms with E-state index in [-0.39, 0.29) is 12.5 Å². The van der Waals surface area contributed by atoms with Gasteiger partial charge in [0, 0.05) is 25.2 Å². The third-order valence-corrected chi connectivity index (χ3v) is 3.52. The van der Waals surface area contributed by atoms with Crippen LogP contribution in [0.3, 0.4) is 0 Å². The summed E-state index contributed by atoms with van der Waals surface area (Å²) in [6.45, 7) is 1.25. The second-order valence-electron chi connectivity index (χ2n) is 3.72. The number of nitrogens with zero attached hydrogens (tertiary/aromatic N) is 2. The molecular weight excluding hydrogens is 307 g/mol. The molecule has 0 saturated carbocycles. The molecule has 15 heavy (non-hydrogen) atoms. The van der Waals surface area contributed by atoms with E-state index in [0.717, 1.165) is 9.39 Å². The zero-order valence-electron chi connectivity index (χ0n) is 8.17. The molecule has 0 amide bonds. The van der Waals surface area contributed by atoms with E-state index in [1.165, 1.54) is 0 Å². The molecule has 1 fully saturated rings. The zero-order chi connectivity index (χ0) is 10.8. The first-order valence-corrected chi connectivity index (χ1v) is 5.94.